The molecule has 0 atom stereocenters. The third-order valence-corrected chi connectivity index (χ3v) is 5.59. The Balaban J connectivity index is 1.96. The van der Waals surface area contributed by atoms with Crippen molar-refractivity contribution in [2.24, 2.45) is 0 Å². The summed E-state index contributed by atoms with van der Waals surface area (Å²) in [4.78, 5) is 16.0. The number of aliphatic hydroxyl groups excluding tert-OH is 1. The number of aromatic nitrogens is 3. The molecule has 0 bridgehead atoms. The van der Waals surface area contributed by atoms with E-state index in [9.17, 15) is 23.1 Å². The molecule has 2 heterocycles. The molecule has 3 aromatic rings. The van der Waals surface area contributed by atoms with Gasteiger partial charge in [0.05, 0.1) is 18.0 Å². The molecule has 0 amide bonds. The lowest BCUT2D eigenvalue weighted by atomic mass is 10.1. The van der Waals surface area contributed by atoms with Gasteiger partial charge in [0.25, 0.3) is 0 Å². The van der Waals surface area contributed by atoms with Gasteiger partial charge in [0.15, 0.2) is 5.69 Å². The number of nitrogens with one attached hydrogen (secondary N) is 1. The summed E-state index contributed by atoms with van der Waals surface area (Å²) in [6.45, 7) is -0.527. The van der Waals surface area contributed by atoms with Crippen molar-refractivity contribution in [3.8, 4) is 22.6 Å². The second-order valence-electron chi connectivity index (χ2n) is 6.46. The van der Waals surface area contributed by atoms with Gasteiger partial charge >= 0.3 is 12.1 Å². The highest BCUT2D eigenvalue weighted by molar-refractivity contribution is 7.98. The maximum Gasteiger partial charge on any atom is 0.435 e. The number of benzene rings is 1. The van der Waals surface area contributed by atoms with Crippen LogP contribution in [0.4, 0.5) is 13.2 Å². The Morgan fingerprint density at radius 1 is 1.19 bits per heavy atom. The average molecular weight is 472 g/mol. The standard InChI is InChI=1S/C20H20F3N3O3S2/c1-30-11-29-19(28)9-26-16(8-18(25-26)20(21,22)23)15-6-5-14(24-15)12-3-4-13(10-27)17(7-12)31-2/h3-8,24,27H,9-11H2,1-2H3. The van der Waals surface area contributed by atoms with E-state index in [0.29, 0.717) is 11.4 Å². The van der Waals surface area contributed by atoms with Crippen LogP contribution < -0.4 is 0 Å². The van der Waals surface area contributed by atoms with Crippen LogP contribution in [-0.4, -0.2) is 44.3 Å². The molecule has 0 aliphatic rings. The van der Waals surface area contributed by atoms with Gasteiger partial charge in [-0.15, -0.1) is 23.5 Å². The number of H-pyrrole nitrogens is 1. The number of hydrogen-bond acceptors (Lipinski definition) is 6. The lowest BCUT2D eigenvalue weighted by Gasteiger charge is -2.08. The molecule has 31 heavy (non-hydrogen) atoms. The summed E-state index contributed by atoms with van der Waals surface area (Å²) in [5, 5.41) is 13.0. The van der Waals surface area contributed by atoms with Crippen molar-refractivity contribution in [1.82, 2.24) is 14.8 Å². The molecule has 2 aromatic heterocycles. The zero-order chi connectivity index (χ0) is 22.6. The van der Waals surface area contributed by atoms with E-state index in [1.165, 1.54) is 23.5 Å². The first-order chi connectivity index (χ1) is 14.8. The first-order valence-corrected chi connectivity index (χ1v) is 11.7. The van der Waals surface area contributed by atoms with E-state index in [0.717, 1.165) is 26.8 Å². The van der Waals surface area contributed by atoms with Crippen LogP contribution in [0.3, 0.4) is 0 Å². The van der Waals surface area contributed by atoms with Crippen LogP contribution in [-0.2, 0) is 28.9 Å². The van der Waals surface area contributed by atoms with Gasteiger partial charge in [-0.05, 0) is 47.9 Å². The molecule has 2 N–H and O–H groups in total. The minimum Gasteiger partial charge on any atom is -0.453 e. The normalized spacial score (nSPS) is 11.7. The second-order valence-corrected chi connectivity index (χ2v) is 8.12. The minimum absolute atomic E-state index is 0.0849. The van der Waals surface area contributed by atoms with Crippen LogP contribution in [0, 0.1) is 0 Å². The number of nitrogens with zero attached hydrogens (tertiary/aromatic N) is 2. The van der Waals surface area contributed by atoms with Crippen molar-refractivity contribution in [2.75, 3.05) is 18.5 Å². The van der Waals surface area contributed by atoms with Crippen LogP contribution in [0.2, 0.25) is 0 Å². The molecule has 0 saturated heterocycles. The molecule has 0 unspecified atom stereocenters. The van der Waals surface area contributed by atoms with Gasteiger partial charge in [-0.25, -0.2) is 0 Å². The van der Waals surface area contributed by atoms with Gasteiger partial charge in [-0.2, -0.15) is 18.3 Å². The maximum atomic E-state index is 13.2. The van der Waals surface area contributed by atoms with Crippen molar-refractivity contribution in [3.63, 3.8) is 0 Å². The molecule has 0 saturated carbocycles. The molecular weight excluding hydrogens is 451 g/mol. The Labute approximate surface area is 185 Å². The van der Waals surface area contributed by atoms with E-state index in [2.05, 4.69) is 10.1 Å². The molecule has 0 aliphatic carbocycles. The van der Waals surface area contributed by atoms with Crippen LogP contribution in [0.25, 0.3) is 22.6 Å². The van der Waals surface area contributed by atoms with E-state index >= 15 is 0 Å². The number of aromatic amines is 1. The number of aliphatic hydroxyl groups is 1. The number of thioether (sulfide) groups is 2. The van der Waals surface area contributed by atoms with E-state index in [4.69, 9.17) is 4.74 Å². The molecular formula is C20H20F3N3O3S2. The number of ether oxygens (including phenoxy) is 1. The highest BCUT2D eigenvalue weighted by atomic mass is 32.2. The Bertz CT molecular complexity index is 1060. The van der Waals surface area contributed by atoms with Gasteiger partial charge in [0.1, 0.15) is 12.5 Å². The number of rotatable bonds is 8. The molecule has 0 spiro atoms. The topological polar surface area (TPSA) is 80.1 Å². The van der Waals surface area contributed by atoms with Gasteiger partial charge in [-0.3, -0.25) is 9.48 Å². The Kier molecular flexibility index (Phi) is 7.39. The number of carbonyl (C=O) groups excluding carboxylic acids is 1. The highest BCUT2D eigenvalue weighted by Gasteiger charge is 2.35. The molecule has 166 valence electrons. The van der Waals surface area contributed by atoms with Crippen molar-refractivity contribution >= 4 is 29.5 Å². The molecule has 0 aliphatic heterocycles. The van der Waals surface area contributed by atoms with Gasteiger partial charge in [-0.1, -0.05) is 12.1 Å². The van der Waals surface area contributed by atoms with Crippen molar-refractivity contribution < 1.29 is 27.8 Å². The lowest BCUT2D eigenvalue weighted by Crippen LogP contribution is -2.16. The Hall–Kier alpha value is -2.37. The molecule has 0 radical (unpaired) electrons. The van der Waals surface area contributed by atoms with E-state index in [-0.39, 0.29) is 18.2 Å². The predicted molar refractivity (Wildman–Crippen MR) is 115 cm³/mol. The predicted octanol–water partition coefficient (Wildman–Crippen LogP) is 4.64. The fraction of sp³-hybridized carbons (Fsp3) is 0.300. The zero-order valence-electron chi connectivity index (χ0n) is 16.7. The number of hydrogen-bond donors (Lipinski definition) is 2. The first-order valence-electron chi connectivity index (χ1n) is 9.04. The number of halogens is 3. The van der Waals surface area contributed by atoms with Crippen molar-refractivity contribution in [3.05, 3.63) is 47.7 Å². The zero-order valence-corrected chi connectivity index (χ0v) is 18.3. The molecule has 0 fully saturated rings. The molecule has 3 rings (SSSR count). The fourth-order valence-corrected chi connectivity index (χ4v) is 3.83. The lowest BCUT2D eigenvalue weighted by molar-refractivity contribution is -0.144. The molecule has 1 aromatic carbocycles. The maximum absolute atomic E-state index is 13.2. The summed E-state index contributed by atoms with van der Waals surface area (Å²) < 4.78 is 45.6. The summed E-state index contributed by atoms with van der Waals surface area (Å²) in [6.07, 6.45) is -1.01. The van der Waals surface area contributed by atoms with Crippen molar-refractivity contribution in [1.29, 1.82) is 0 Å². The van der Waals surface area contributed by atoms with Crippen LogP contribution >= 0.6 is 23.5 Å². The van der Waals surface area contributed by atoms with Crippen LogP contribution in [0.1, 0.15) is 11.3 Å². The smallest absolute Gasteiger partial charge is 0.435 e. The van der Waals surface area contributed by atoms with Crippen LogP contribution in [0.5, 0.6) is 0 Å². The van der Waals surface area contributed by atoms with E-state index in [1.807, 2.05) is 18.4 Å². The summed E-state index contributed by atoms with van der Waals surface area (Å²) in [5.41, 5.74) is 1.70. The molecule has 11 heteroatoms. The monoisotopic (exact) mass is 471 g/mol. The quantitative estimate of drug-likeness (QED) is 0.283. The number of carbonyl (C=O) groups is 1. The van der Waals surface area contributed by atoms with Crippen LogP contribution in [0.15, 0.2) is 41.3 Å². The SMILES string of the molecule is CSCOC(=O)Cn1nc(C(F)(F)F)cc1-c1ccc(-c2ccc(CO)c(SC)c2)[nH]1. The highest BCUT2D eigenvalue weighted by Crippen LogP contribution is 2.33. The second kappa shape index (κ2) is 9.84. The Morgan fingerprint density at radius 3 is 2.58 bits per heavy atom. The fourth-order valence-electron chi connectivity index (χ4n) is 2.94. The van der Waals surface area contributed by atoms with E-state index < -0.39 is 24.4 Å². The number of esters is 1. The summed E-state index contributed by atoms with van der Waals surface area (Å²) in [5.74, 6) is -0.570. The molecule has 6 nitrogen and oxygen atoms in total. The number of alkyl halides is 3. The summed E-state index contributed by atoms with van der Waals surface area (Å²) in [6, 6.07) is 9.79. The van der Waals surface area contributed by atoms with Gasteiger partial charge in [0, 0.05) is 10.6 Å². The van der Waals surface area contributed by atoms with Crippen molar-refractivity contribution in [2.45, 2.75) is 24.2 Å². The third kappa shape index (κ3) is 5.46. The largest absolute Gasteiger partial charge is 0.453 e. The summed E-state index contributed by atoms with van der Waals surface area (Å²) >= 11 is 2.77. The average Bonchev–Trinajstić information content (AvgIpc) is 3.38. The Morgan fingerprint density at radius 2 is 1.94 bits per heavy atom. The third-order valence-electron chi connectivity index (χ3n) is 4.42. The van der Waals surface area contributed by atoms with Gasteiger partial charge in [0.2, 0.25) is 0 Å². The summed E-state index contributed by atoms with van der Waals surface area (Å²) in [7, 11) is 0. The van der Waals surface area contributed by atoms with E-state index in [1.54, 1.807) is 24.5 Å². The first kappa shape index (κ1) is 23.3. The van der Waals surface area contributed by atoms with Gasteiger partial charge < -0.3 is 14.8 Å². The minimum atomic E-state index is -4.65.